The van der Waals surface area contributed by atoms with Gasteiger partial charge in [-0.2, -0.15) is 0 Å². The van der Waals surface area contributed by atoms with Gasteiger partial charge in [0.25, 0.3) is 0 Å². The monoisotopic (exact) mass is 266 g/mol. The molecule has 0 fully saturated rings. The third-order valence-electron chi connectivity index (χ3n) is 2.23. The van der Waals surface area contributed by atoms with Crippen molar-refractivity contribution in [3.05, 3.63) is 58.1 Å². The Morgan fingerprint density at radius 3 is 2.76 bits per heavy atom. The van der Waals surface area contributed by atoms with Crippen molar-refractivity contribution < 1.29 is 4.79 Å². The number of carbonyl (C=O) groups is 1. The second kappa shape index (κ2) is 5.25. The molecular weight excluding hydrogens is 259 g/mol. The van der Waals surface area contributed by atoms with Crippen LogP contribution < -0.4 is 0 Å². The molecule has 0 amide bonds. The van der Waals surface area contributed by atoms with Crippen LogP contribution in [0.15, 0.2) is 36.8 Å². The highest BCUT2D eigenvalue weighted by molar-refractivity contribution is 6.33. The minimum absolute atomic E-state index is 0.114. The molecule has 86 valence electrons. The molecule has 0 aliphatic heterocycles. The van der Waals surface area contributed by atoms with Crippen molar-refractivity contribution in [3.8, 4) is 0 Å². The van der Waals surface area contributed by atoms with Crippen LogP contribution in [0.5, 0.6) is 0 Å². The highest BCUT2D eigenvalue weighted by Crippen LogP contribution is 2.21. The molecule has 1 heterocycles. The summed E-state index contributed by atoms with van der Waals surface area (Å²) in [6.07, 6.45) is 3.04. The number of benzene rings is 1. The van der Waals surface area contributed by atoms with Crippen LogP contribution in [0.3, 0.4) is 0 Å². The normalized spacial score (nSPS) is 10.2. The van der Waals surface area contributed by atoms with E-state index in [1.165, 1.54) is 12.5 Å². The second-order valence-electron chi connectivity index (χ2n) is 3.43. The average Bonchev–Trinajstić information content (AvgIpc) is 2.35. The number of aromatic nitrogens is 2. The van der Waals surface area contributed by atoms with Crippen molar-refractivity contribution in [2.45, 2.75) is 6.42 Å². The molecule has 1 aromatic heterocycles. The molecule has 2 rings (SSSR count). The summed E-state index contributed by atoms with van der Waals surface area (Å²) in [5, 5.41) is 1.08. The smallest absolute Gasteiger partial charge is 0.185 e. The van der Waals surface area contributed by atoms with Gasteiger partial charge in [-0.3, -0.25) is 4.79 Å². The molecular formula is C12H8Cl2N2O. The van der Waals surface area contributed by atoms with Crippen molar-refractivity contribution in [1.29, 1.82) is 0 Å². The lowest BCUT2D eigenvalue weighted by Gasteiger charge is -2.03. The van der Waals surface area contributed by atoms with E-state index >= 15 is 0 Å². The van der Waals surface area contributed by atoms with Crippen molar-refractivity contribution in [2.75, 3.05) is 0 Å². The third-order valence-corrected chi connectivity index (χ3v) is 2.83. The molecule has 0 N–H and O–H groups in total. The Labute approximate surface area is 108 Å². The van der Waals surface area contributed by atoms with E-state index in [9.17, 15) is 4.79 Å². The standard InChI is InChI=1S/C12H8Cl2N2O/c13-9-1-2-10(14)8(5-9)6-12(17)11-3-4-15-7-16-11/h1-5,7H,6H2. The largest absolute Gasteiger partial charge is 0.292 e. The first-order valence-corrected chi connectivity index (χ1v) is 5.65. The molecule has 0 saturated carbocycles. The number of ketones is 1. The Bertz CT molecular complexity index is 543. The Hall–Kier alpha value is -1.45. The Kier molecular flexibility index (Phi) is 3.71. The van der Waals surface area contributed by atoms with E-state index in [0.717, 1.165) is 0 Å². The van der Waals surface area contributed by atoms with Crippen LogP contribution in [-0.2, 0) is 6.42 Å². The predicted octanol–water partition coefficient (Wildman–Crippen LogP) is 3.21. The van der Waals surface area contributed by atoms with Crippen LogP contribution in [0.25, 0.3) is 0 Å². The van der Waals surface area contributed by atoms with Gasteiger partial charge in [0.1, 0.15) is 12.0 Å². The predicted molar refractivity (Wildman–Crippen MR) is 66.5 cm³/mol. The molecule has 17 heavy (non-hydrogen) atoms. The van der Waals surface area contributed by atoms with Crippen molar-refractivity contribution >= 4 is 29.0 Å². The number of rotatable bonds is 3. The maximum atomic E-state index is 11.9. The fourth-order valence-corrected chi connectivity index (χ4v) is 1.78. The molecule has 2 aromatic rings. The summed E-state index contributed by atoms with van der Waals surface area (Å²) >= 11 is 11.8. The van der Waals surface area contributed by atoms with E-state index in [0.29, 0.717) is 21.3 Å². The van der Waals surface area contributed by atoms with Gasteiger partial charge in [0.2, 0.25) is 0 Å². The molecule has 0 bridgehead atoms. The Morgan fingerprint density at radius 2 is 2.06 bits per heavy atom. The zero-order chi connectivity index (χ0) is 12.3. The van der Waals surface area contributed by atoms with Crippen LogP contribution in [0.2, 0.25) is 10.0 Å². The average molecular weight is 267 g/mol. The third kappa shape index (κ3) is 3.02. The van der Waals surface area contributed by atoms with E-state index in [2.05, 4.69) is 9.97 Å². The van der Waals surface area contributed by atoms with E-state index in [4.69, 9.17) is 23.2 Å². The van der Waals surface area contributed by atoms with Crippen LogP contribution in [0.1, 0.15) is 16.1 Å². The van der Waals surface area contributed by atoms with E-state index < -0.39 is 0 Å². The van der Waals surface area contributed by atoms with Crippen molar-refractivity contribution in [2.24, 2.45) is 0 Å². The van der Waals surface area contributed by atoms with Crippen LogP contribution in [0, 0.1) is 0 Å². The molecule has 0 radical (unpaired) electrons. The van der Waals surface area contributed by atoms with Gasteiger partial charge in [-0.25, -0.2) is 9.97 Å². The summed E-state index contributed by atoms with van der Waals surface area (Å²) in [6.45, 7) is 0. The fourth-order valence-electron chi connectivity index (χ4n) is 1.40. The molecule has 0 aliphatic carbocycles. The van der Waals surface area contributed by atoms with E-state index in [1.807, 2.05) is 0 Å². The van der Waals surface area contributed by atoms with Crippen LogP contribution in [-0.4, -0.2) is 15.8 Å². The van der Waals surface area contributed by atoms with E-state index in [1.54, 1.807) is 24.3 Å². The lowest BCUT2D eigenvalue weighted by molar-refractivity contribution is 0.0988. The zero-order valence-electron chi connectivity index (χ0n) is 8.73. The van der Waals surface area contributed by atoms with Gasteiger partial charge in [-0.15, -0.1) is 0 Å². The van der Waals surface area contributed by atoms with E-state index in [-0.39, 0.29) is 12.2 Å². The summed E-state index contributed by atoms with van der Waals surface area (Å²) in [5.74, 6) is -0.114. The lowest BCUT2D eigenvalue weighted by atomic mass is 10.1. The molecule has 0 saturated heterocycles. The molecule has 0 spiro atoms. The van der Waals surface area contributed by atoms with Crippen LogP contribution in [0.4, 0.5) is 0 Å². The Balaban J connectivity index is 2.22. The first-order chi connectivity index (χ1) is 8.16. The maximum absolute atomic E-state index is 11.9. The first kappa shape index (κ1) is 12.0. The number of Topliss-reactive ketones (excluding diaryl/α,β-unsaturated/α-hetero) is 1. The zero-order valence-corrected chi connectivity index (χ0v) is 10.2. The maximum Gasteiger partial charge on any atom is 0.185 e. The van der Waals surface area contributed by atoms with Gasteiger partial charge in [0, 0.05) is 22.7 Å². The SMILES string of the molecule is O=C(Cc1cc(Cl)ccc1Cl)c1ccncn1. The Morgan fingerprint density at radius 1 is 1.24 bits per heavy atom. The molecule has 3 nitrogen and oxygen atoms in total. The minimum atomic E-state index is -0.114. The quantitative estimate of drug-likeness (QED) is 0.802. The number of nitrogens with zero attached hydrogens (tertiary/aromatic N) is 2. The van der Waals surface area contributed by atoms with Crippen molar-refractivity contribution in [3.63, 3.8) is 0 Å². The summed E-state index contributed by atoms with van der Waals surface area (Å²) in [6, 6.07) is 6.61. The lowest BCUT2D eigenvalue weighted by Crippen LogP contribution is -2.06. The summed E-state index contributed by atoms with van der Waals surface area (Å²) < 4.78 is 0. The van der Waals surface area contributed by atoms with Gasteiger partial charge in [0.05, 0.1) is 0 Å². The van der Waals surface area contributed by atoms with Crippen LogP contribution >= 0.6 is 23.2 Å². The minimum Gasteiger partial charge on any atom is -0.292 e. The first-order valence-electron chi connectivity index (χ1n) is 4.90. The highest BCUT2D eigenvalue weighted by atomic mass is 35.5. The van der Waals surface area contributed by atoms with Gasteiger partial charge in [0.15, 0.2) is 5.78 Å². The van der Waals surface area contributed by atoms with Gasteiger partial charge < -0.3 is 0 Å². The van der Waals surface area contributed by atoms with Gasteiger partial charge >= 0.3 is 0 Å². The highest BCUT2D eigenvalue weighted by Gasteiger charge is 2.11. The van der Waals surface area contributed by atoms with Gasteiger partial charge in [-0.1, -0.05) is 23.2 Å². The number of hydrogen-bond acceptors (Lipinski definition) is 3. The molecule has 0 atom stereocenters. The molecule has 1 aromatic carbocycles. The second-order valence-corrected chi connectivity index (χ2v) is 4.27. The summed E-state index contributed by atoms with van der Waals surface area (Å²) in [5.41, 5.74) is 1.07. The summed E-state index contributed by atoms with van der Waals surface area (Å²) in [4.78, 5) is 19.5. The van der Waals surface area contributed by atoms with Gasteiger partial charge in [-0.05, 0) is 29.8 Å². The number of carbonyl (C=O) groups excluding carboxylic acids is 1. The number of halogens is 2. The fraction of sp³-hybridized carbons (Fsp3) is 0.0833. The molecule has 0 unspecified atom stereocenters. The molecule has 0 aliphatic rings. The summed E-state index contributed by atoms with van der Waals surface area (Å²) in [7, 11) is 0. The topological polar surface area (TPSA) is 42.9 Å². The van der Waals surface area contributed by atoms with Crippen molar-refractivity contribution in [1.82, 2.24) is 9.97 Å². The number of hydrogen-bond donors (Lipinski definition) is 0. The molecule has 5 heteroatoms.